The van der Waals surface area contributed by atoms with E-state index in [4.69, 9.17) is 0 Å². The third kappa shape index (κ3) is 2.68. The van der Waals surface area contributed by atoms with Gasteiger partial charge in [0.15, 0.2) is 5.65 Å². The van der Waals surface area contributed by atoms with Crippen LogP contribution in [0.25, 0.3) is 16.9 Å². The molecule has 3 aromatic heterocycles. The Morgan fingerprint density at radius 3 is 2.92 bits per heavy atom. The van der Waals surface area contributed by atoms with E-state index in [1.165, 1.54) is 10.6 Å². The summed E-state index contributed by atoms with van der Waals surface area (Å²) in [7, 11) is 0. The average Bonchev–Trinajstić information content (AvgIpc) is 3.20. The minimum Gasteiger partial charge on any atom is -0.342 e. The number of hydrogen-bond acceptors (Lipinski definition) is 4. The van der Waals surface area contributed by atoms with Gasteiger partial charge in [-0.2, -0.15) is 0 Å². The molecule has 7 heteroatoms. The molecule has 3 aromatic rings. The molecular formula is C17H17N5O2. The first-order valence-corrected chi connectivity index (χ1v) is 8.00. The molecule has 1 N–H and O–H groups in total. The fourth-order valence-corrected chi connectivity index (χ4v) is 3.03. The first-order valence-electron chi connectivity index (χ1n) is 8.00. The summed E-state index contributed by atoms with van der Waals surface area (Å²) in [5.41, 5.74) is 2.81. The molecule has 0 spiro atoms. The number of H-pyrrole nitrogens is 1. The molecule has 0 bridgehead atoms. The van der Waals surface area contributed by atoms with Crippen molar-refractivity contribution in [1.82, 2.24) is 24.5 Å². The SMILES string of the molecule is O=C1CCCN1CCc1cc(=O)n2[nH]c(-c3cccnc3)cc2n1. The number of amides is 1. The number of pyridine rings is 1. The summed E-state index contributed by atoms with van der Waals surface area (Å²) in [4.78, 5) is 34.4. The number of likely N-dealkylation sites (tertiary alicyclic amines) is 1. The lowest BCUT2D eigenvalue weighted by atomic mass is 10.2. The fourth-order valence-electron chi connectivity index (χ4n) is 3.03. The fraction of sp³-hybridized carbons (Fsp3) is 0.294. The molecule has 1 fully saturated rings. The van der Waals surface area contributed by atoms with Gasteiger partial charge in [-0.3, -0.25) is 19.7 Å². The molecule has 0 aliphatic carbocycles. The van der Waals surface area contributed by atoms with Gasteiger partial charge < -0.3 is 4.90 Å². The van der Waals surface area contributed by atoms with Crippen LogP contribution in [0.4, 0.5) is 0 Å². The number of rotatable bonds is 4. The molecule has 4 rings (SSSR count). The van der Waals surface area contributed by atoms with E-state index in [0.717, 1.165) is 24.2 Å². The first kappa shape index (κ1) is 14.6. The summed E-state index contributed by atoms with van der Waals surface area (Å²) in [6.45, 7) is 1.41. The second-order valence-corrected chi connectivity index (χ2v) is 5.93. The lowest BCUT2D eigenvalue weighted by Crippen LogP contribution is -2.27. The Kier molecular flexibility index (Phi) is 3.60. The van der Waals surface area contributed by atoms with Crippen LogP contribution < -0.4 is 5.56 Å². The predicted octanol–water partition coefficient (Wildman–Crippen LogP) is 1.25. The normalized spacial score (nSPS) is 14.7. The van der Waals surface area contributed by atoms with Gasteiger partial charge in [0.1, 0.15) is 0 Å². The van der Waals surface area contributed by atoms with Crippen molar-refractivity contribution in [2.24, 2.45) is 0 Å². The zero-order valence-electron chi connectivity index (χ0n) is 13.1. The smallest absolute Gasteiger partial charge is 0.272 e. The van der Waals surface area contributed by atoms with Crippen LogP contribution in [-0.2, 0) is 11.2 Å². The second kappa shape index (κ2) is 5.92. The highest BCUT2D eigenvalue weighted by molar-refractivity contribution is 5.78. The summed E-state index contributed by atoms with van der Waals surface area (Å²) < 4.78 is 1.42. The summed E-state index contributed by atoms with van der Waals surface area (Å²) >= 11 is 0. The Hall–Kier alpha value is -2.96. The van der Waals surface area contributed by atoms with E-state index in [2.05, 4.69) is 15.1 Å². The van der Waals surface area contributed by atoms with Gasteiger partial charge in [-0.1, -0.05) is 0 Å². The molecule has 24 heavy (non-hydrogen) atoms. The average molecular weight is 323 g/mol. The lowest BCUT2D eigenvalue weighted by Gasteiger charge is -2.14. The van der Waals surface area contributed by atoms with Gasteiger partial charge in [-0.15, -0.1) is 0 Å². The molecule has 1 saturated heterocycles. The van der Waals surface area contributed by atoms with Gasteiger partial charge >= 0.3 is 0 Å². The van der Waals surface area contributed by atoms with E-state index in [1.54, 1.807) is 12.4 Å². The van der Waals surface area contributed by atoms with E-state index >= 15 is 0 Å². The Bertz CT molecular complexity index is 945. The van der Waals surface area contributed by atoms with Crippen molar-refractivity contribution in [3.8, 4) is 11.3 Å². The minimum absolute atomic E-state index is 0.155. The summed E-state index contributed by atoms with van der Waals surface area (Å²) in [5.74, 6) is 0.188. The van der Waals surface area contributed by atoms with E-state index in [0.29, 0.717) is 30.7 Å². The van der Waals surface area contributed by atoms with Crippen molar-refractivity contribution in [3.05, 3.63) is 52.7 Å². The Balaban J connectivity index is 1.62. The number of nitrogens with zero attached hydrogens (tertiary/aromatic N) is 4. The van der Waals surface area contributed by atoms with Crippen LogP contribution in [0.15, 0.2) is 41.5 Å². The van der Waals surface area contributed by atoms with Gasteiger partial charge in [0.05, 0.1) is 11.4 Å². The summed E-state index contributed by atoms with van der Waals surface area (Å²) in [6, 6.07) is 7.12. The second-order valence-electron chi connectivity index (χ2n) is 5.93. The highest BCUT2D eigenvalue weighted by Gasteiger charge is 2.19. The van der Waals surface area contributed by atoms with Crippen LogP contribution in [0.5, 0.6) is 0 Å². The lowest BCUT2D eigenvalue weighted by molar-refractivity contribution is -0.127. The van der Waals surface area contributed by atoms with Gasteiger partial charge in [0.25, 0.3) is 5.56 Å². The van der Waals surface area contributed by atoms with Gasteiger partial charge in [0.2, 0.25) is 5.91 Å². The Morgan fingerprint density at radius 2 is 2.17 bits per heavy atom. The number of aromatic nitrogens is 4. The maximum atomic E-state index is 12.3. The third-order valence-corrected chi connectivity index (χ3v) is 4.29. The third-order valence-electron chi connectivity index (χ3n) is 4.29. The standard InChI is InChI=1S/C17H17N5O2/c23-16-4-2-7-21(16)8-5-13-9-17(24)22-15(19-13)10-14(20-22)12-3-1-6-18-11-12/h1,3,6,9-11,20H,2,4-5,7-8H2. The zero-order valence-corrected chi connectivity index (χ0v) is 13.1. The molecule has 4 heterocycles. The number of nitrogens with one attached hydrogen (secondary N) is 1. The molecule has 122 valence electrons. The number of hydrogen-bond donors (Lipinski definition) is 1. The zero-order chi connectivity index (χ0) is 16.5. The topological polar surface area (TPSA) is 83.4 Å². The number of carbonyl (C=O) groups is 1. The van der Waals surface area contributed by atoms with Gasteiger partial charge in [-0.25, -0.2) is 9.50 Å². The van der Waals surface area contributed by atoms with Crippen LogP contribution in [0.2, 0.25) is 0 Å². The van der Waals surface area contributed by atoms with Crippen molar-refractivity contribution in [2.75, 3.05) is 13.1 Å². The molecule has 1 aliphatic rings. The van der Waals surface area contributed by atoms with Gasteiger partial charge in [-0.05, 0) is 18.6 Å². The van der Waals surface area contributed by atoms with Crippen LogP contribution in [-0.4, -0.2) is 43.5 Å². The molecule has 1 amide bonds. The van der Waals surface area contributed by atoms with E-state index in [-0.39, 0.29) is 11.5 Å². The van der Waals surface area contributed by atoms with E-state index in [9.17, 15) is 9.59 Å². The van der Waals surface area contributed by atoms with E-state index in [1.807, 2.05) is 23.1 Å². The monoisotopic (exact) mass is 323 g/mol. The molecule has 1 aliphatic heterocycles. The molecular weight excluding hydrogens is 306 g/mol. The van der Waals surface area contributed by atoms with Crippen LogP contribution in [0.3, 0.4) is 0 Å². The molecule has 0 aromatic carbocycles. The molecule has 0 unspecified atom stereocenters. The predicted molar refractivity (Wildman–Crippen MR) is 88.6 cm³/mol. The molecule has 0 saturated carbocycles. The molecule has 0 radical (unpaired) electrons. The Morgan fingerprint density at radius 1 is 1.25 bits per heavy atom. The molecule has 7 nitrogen and oxygen atoms in total. The van der Waals surface area contributed by atoms with Crippen molar-refractivity contribution < 1.29 is 4.79 Å². The largest absolute Gasteiger partial charge is 0.342 e. The van der Waals surface area contributed by atoms with Crippen molar-refractivity contribution in [2.45, 2.75) is 19.3 Å². The first-order chi connectivity index (χ1) is 11.7. The van der Waals surface area contributed by atoms with Crippen molar-refractivity contribution >= 4 is 11.6 Å². The van der Waals surface area contributed by atoms with Crippen LogP contribution in [0, 0.1) is 0 Å². The number of fused-ring (bicyclic) bond motifs is 1. The Labute approximate surface area is 138 Å². The van der Waals surface area contributed by atoms with Crippen molar-refractivity contribution in [3.63, 3.8) is 0 Å². The summed E-state index contributed by atoms with van der Waals surface area (Å²) in [6.07, 6.45) is 5.57. The summed E-state index contributed by atoms with van der Waals surface area (Å²) in [5, 5.41) is 3.05. The van der Waals surface area contributed by atoms with E-state index < -0.39 is 0 Å². The highest BCUT2D eigenvalue weighted by atomic mass is 16.2. The van der Waals surface area contributed by atoms with Crippen LogP contribution in [0.1, 0.15) is 18.5 Å². The quantitative estimate of drug-likeness (QED) is 0.783. The number of carbonyl (C=O) groups excluding carboxylic acids is 1. The minimum atomic E-state index is -0.155. The molecule has 0 atom stereocenters. The maximum absolute atomic E-state index is 12.3. The highest BCUT2D eigenvalue weighted by Crippen LogP contribution is 2.17. The van der Waals surface area contributed by atoms with Crippen LogP contribution >= 0.6 is 0 Å². The van der Waals surface area contributed by atoms with Crippen molar-refractivity contribution in [1.29, 1.82) is 0 Å². The van der Waals surface area contributed by atoms with Gasteiger partial charge in [0, 0.05) is 56.0 Å². The number of aromatic amines is 1. The maximum Gasteiger partial charge on any atom is 0.272 e.